The van der Waals surface area contributed by atoms with Gasteiger partial charge in [0, 0.05) is 11.1 Å². The number of para-hydroxylation sites is 1. The Morgan fingerprint density at radius 2 is 1.95 bits per heavy atom. The first-order chi connectivity index (χ1) is 10.3. The van der Waals surface area contributed by atoms with Crippen LogP contribution in [0.4, 0.5) is 0 Å². The summed E-state index contributed by atoms with van der Waals surface area (Å²) in [6.45, 7) is 1.00. The van der Waals surface area contributed by atoms with Crippen molar-refractivity contribution in [3.05, 3.63) is 65.2 Å². The predicted octanol–water partition coefficient (Wildman–Crippen LogP) is 2.05. The molecule has 108 valence electrons. The Labute approximate surface area is 123 Å². The third-order valence-electron chi connectivity index (χ3n) is 3.68. The molecule has 0 aromatic heterocycles. The maximum absolute atomic E-state index is 12.5. The van der Waals surface area contributed by atoms with E-state index >= 15 is 0 Å². The number of ether oxygens (including phenoxy) is 1. The van der Waals surface area contributed by atoms with Crippen molar-refractivity contribution in [3.63, 3.8) is 0 Å². The van der Waals surface area contributed by atoms with E-state index in [1.54, 1.807) is 0 Å². The number of hydrogen-bond acceptors (Lipinski definition) is 3. The van der Waals surface area contributed by atoms with Gasteiger partial charge in [-0.2, -0.15) is 0 Å². The Kier molecular flexibility index (Phi) is 3.88. The summed E-state index contributed by atoms with van der Waals surface area (Å²) in [5, 5.41) is 3.05. The minimum Gasteiger partial charge on any atom is -0.491 e. The summed E-state index contributed by atoms with van der Waals surface area (Å²) in [4.78, 5) is 12.5. The summed E-state index contributed by atoms with van der Waals surface area (Å²) in [6, 6.07) is 15.3. The maximum atomic E-state index is 12.5. The molecule has 0 fully saturated rings. The number of rotatable bonds is 4. The first-order valence-corrected chi connectivity index (χ1v) is 7.10. The molecular weight excluding hydrogens is 264 g/mol. The van der Waals surface area contributed by atoms with Gasteiger partial charge in [-0.3, -0.25) is 4.79 Å². The monoisotopic (exact) mass is 282 g/mol. The molecule has 1 amide bonds. The third-order valence-corrected chi connectivity index (χ3v) is 3.68. The zero-order chi connectivity index (χ0) is 14.7. The van der Waals surface area contributed by atoms with Crippen molar-refractivity contribution in [2.45, 2.75) is 12.5 Å². The molecule has 0 saturated carbocycles. The van der Waals surface area contributed by atoms with Crippen LogP contribution in [0.2, 0.25) is 0 Å². The Balaban J connectivity index is 1.79. The summed E-state index contributed by atoms with van der Waals surface area (Å²) >= 11 is 0. The van der Waals surface area contributed by atoms with Crippen LogP contribution in [0.25, 0.3) is 0 Å². The fourth-order valence-electron chi connectivity index (χ4n) is 2.63. The number of fused-ring (bicyclic) bond motifs is 1. The lowest BCUT2D eigenvalue weighted by molar-refractivity contribution is 0.0929. The highest BCUT2D eigenvalue weighted by atomic mass is 16.5. The van der Waals surface area contributed by atoms with Gasteiger partial charge < -0.3 is 15.8 Å². The lowest BCUT2D eigenvalue weighted by atomic mass is 10.0. The van der Waals surface area contributed by atoms with Crippen LogP contribution in [0.5, 0.6) is 5.75 Å². The molecule has 2 aromatic carbocycles. The molecule has 1 heterocycles. The van der Waals surface area contributed by atoms with Gasteiger partial charge in [-0.05, 0) is 30.7 Å². The minimum atomic E-state index is -0.0976. The molecule has 4 nitrogen and oxygen atoms in total. The molecule has 0 bridgehead atoms. The molecule has 2 aromatic rings. The minimum absolute atomic E-state index is 0.0793. The second-order valence-corrected chi connectivity index (χ2v) is 5.07. The number of benzene rings is 2. The Morgan fingerprint density at radius 1 is 1.19 bits per heavy atom. The number of carbonyl (C=O) groups is 1. The van der Waals surface area contributed by atoms with Crippen LogP contribution in [0, 0.1) is 0 Å². The zero-order valence-electron chi connectivity index (χ0n) is 11.7. The van der Waals surface area contributed by atoms with Crippen LogP contribution in [0.1, 0.15) is 27.5 Å². The molecule has 0 radical (unpaired) electrons. The van der Waals surface area contributed by atoms with E-state index < -0.39 is 0 Å². The maximum Gasteiger partial charge on any atom is 0.252 e. The van der Waals surface area contributed by atoms with E-state index in [1.807, 2.05) is 48.5 Å². The van der Waals surface area contributed by atoms with Crippen molar-refractivity contribution in [3.8, 4) is 5.75 Å². The van der Waals surface area contributed by atoms with Crippen LogP contribution in [0.15, 0.2) is 48.5 Å². The van der Waals surface area contributed by atoms with Crippen LogP contribution in [-0.2, 0) is 6.42 Å². The molecule has 4 heteroatoms. The van der Waals surface area contributed by atoms with E-state index in [4.69, 9.17) is 10.5 Å². The number of hydrogen-bond donors (Lipinski definition) is 2. The molecular formula is C17H18N2O2. The Morgan fingerprint density at radius 3 is 2.81 bits per heavy atom. The van der Waals surface area contributed by atoms with E-state index in [-0.39, 0.29) is 11.9 Å². The van der Waals surface area contributed by atoms with E-state index in [2.05, 4.69) is 5.32 Å². The van der Waals surface area contributed by atoms with Crippen molar-refractivity contribution >= 4 is 5.91 Å². The Bertz CT molecular complexity index is 655. The molecule has 0 saturated heterocycles. The molecule has 21 heavy (non-hydrogen) atoms. The van der Waals surface area contributed by atoms with Gasteiger partial charge in [-0.15, -0.1) is 0 Å². The summed E-state index contributed by atoms with van der Waals surface area (Å²) in [5.74, 6) is 0.766. The lowest BCUT2D eigenvalue weighted by Gasteiger charge is -2.14. The van der Waals surface area contributed by atoms with Crippen molar-refractivity contribution in [1.82, 2.24) is 5.32 Å². The molecule has 1 aliphatic rings. The molecule has 0 spiro atoms. The SMILES string of the molecule is NCCc1ccccc1C(=O)NC1COc2ccccc21. The highest BCUT2D eigenvalue weighted by molar-refractivity contribution is 5.96. The highest BCUT2D eigenvalue weighted by Crippen LogP contribution is 2.31. The first-order valence-electron chi connectivity index (χ1n) is 7.10. The number of nitrogens with two attached hydrogens (primary N) is 1. The van der Waals surface area contributed by atoms with Gasteiger partial charge in [0.25, 0.3) is 5.91 Å². The number of amides is 1. The van der Waals surface area contributed by atoms with Gasteiger partial charge in [-0.25, -0.2) is 0 Å². The molecule has 3 rings (SSSR count). The van der Waals surface area contributed by atoms with E-state index in [1.165, 1.54) is 0 Å². The summed E-state index contributed by atoms with van der Waals surface area (Å²) in [6.07, 6.45) is 0.696. The summed E-state index contributed by atoms with van der Waals surface area (Å²) < 4.78 is 5.59. The molecule has 1 aliphatic heterocycles. The van der Waals surface area contributed by atoms with Crippen molar-refractivity contribution in [1.29, 1.82) is 0 Å². The smallest absolute Gasteiger partial charge is 0.252 e. The average Bonchev–Trinajstić information content (AvgIpc) is 2.91. The fraction of sp³-hybridized carbons (Fsp3) is 0.235. The normalized spacial score (nSPS) is 16.1. The summed E-state index contributed by atoms with van der Waals surface area (Å²) in [5.41, 5.74) is 8.30. The van der Waals surface area contributed by atoms with Crippen molar-refractivity contribution < 1.29 is 9.53 Å². The van der Waals surface area contributed by atoms with Crippen LogP contribution >= 0.6 is 0 Å². The quantitative estimate of drug-likeness (QED) is 0.902. The second kappa shape index (κ2) is 5.97. The number of carbonyl (C=O) groups excluding carboxylic acids is 1. The topological polar surface area (TPSA) is 64.4 Å². The fourth-order valence-corrected chi connectivity index (χ4v) is 2.63. The molecule has 1 unspecified atom stereocenters. The van der Waals surface area contributed by atoms with Gasteiger partial charge in [0.2, 0.25) is 0 Å². The van der Waals surface area contributed by atoms with Gasteiger partial charge in [0.15, 0.2) is 0 Å². The Hall–Kier alpha value is -2.33. The lowest BCUT2D eigenvalue weighted by Crippen LogP contribution is -2.30. The van der Waals surface area contributed by atoms with Crippen LogP contribution in [0.3, 0.4) is 0 Å². The zero-order valence-corrected chi connectivity index (χ0v) is 11.7. The first kappa shape index (κ1) is 13.6. The largest absolute Gasteiger partial charge is 0.491 e. The van der Waals surface area contributed by atoms with E-state index in [9.17, 15) is 4.79 Å². The van der Waals surface area contributed by atoms with Gasteiger partial charge >= 0.3 is 0 Å². The number of nitrogens with one attached hydrogen (secondary N) is 1. The average molecular weight is 282 g/mol. The molecule has 0 aliphatic carbocycles. The second-order valence-electron chi connectivity index (χ2n) is 5.07. The van der Waals surface area contributed by atoms with Crippen molar-refractivity contribution in [2.24, 2.45) is 5.73 Å². The van der Waals surface area contributed by atoms with E-state index in [0.717, 1.165) is 16.9 Å². The molecule has 3 N–H and O–H groups in total. The van der Waals surface area contributed by atoms with Gasteiger partial charge in [-0.1, -0.05) is 36.4 Å². The summed E-state index contributed by atoms with van der Waals surface area (Å²) in [7, 11) is 0. The highest BCUT2D eigenvalue weighted by Gasteiger charge is 2.25. The van der Waals surface area contributed by atoms with Crippen LogP contribution in [-0.4, -0.2) is 19.1 Å². The van der Waals surface area contributed by atoms with Crippen LogP contribution < -0.4 is 15.8 Å². The third kappa shape index (κ3) is 2.76. The van der Waals surface area contributed by atoms with Crippen molar-refractivity contribution in [2.75, 3.05) is 13.2 Å². The predicted molar refractivity (Wildman–Crippen MR) is 81.3 cm³/mol. The molecule has 1 atom stereocenters. The van der Waals surface area contributed by atoms with Gasteiger partial charge in [0.1, 0.15) is 12.4 Å². The van der Waals surface area contributed by atoms with Gasteiger partial charge in [0.05, 0.1) is 6.04 Å². The van der Waals surface area contributed by atoms with E-state index in [0.29, 0.717) is 25.1 Å². The standard InChI is InChI=1S/C17H18N2O2/c18-10-9-12-5-1-2-6-13(12)17(20)19-15-11-21-16-8-4-3-7-14(15)16/h1-8,15H,9-11,18H2,(H,19,20).